The lowest BCUT2D eigenvalue weighted by molar-refractivity contribution is 0.201. The third-order valence-electron chi connectivity index (χ3n) is 6.72. The molecule has 3 unspecified atom stereocenters. The summed E-state index contributed by atoms with van der Waals surface area (Å²) in [7, 11) is 0. The molecule has 0 amide bonds. The van der Waals surface area contributed by atoms with Crippen molar-refractivity contribution in [2.75, 3.05) is 0 Å². The summed E-state index contributed by atoms with van der Waals surface area (Å²) in [5.41, 5.74) is 2.31. The highest BCUT2D eigenvalue weighted by molar-refractivity contribution is 6.30. The number of fused-ring (bicyclic) bond motifs is 3. The zero-order valence-electron chi connectivity index (χ0n) is 16.4. The lowest BCUT2D eigenvalue weighted by Gasteiger charge is -2.41. The van der Waals surface area contributed by atoms with Crippen molar-refractivity contribution < 1.29 is 8.78 Å². The van der Waals surface area contributed by atoms with E-state index in [-0.39, 0.29) is 11.4 Å². The average molecular weight is 401 g/mol. The predicted molar refractivity (Wildman–Crippen MR) is 113 cm³/mol. The van der Waals surface area contributed by atoms with E-state index in [1.807, 2.05) is 0 Å². The van der Waals surface area contributed by atoms with Crippen molar-refractivity contribution in [1.29, 1.82) is 0 Å². The van der Waals surface area contributed by atoms with Crippen LogP contribution in [0.2, 0.25) is 5.02 Å². The second kappa shape index (κ2) is 8.37. The Balaban J connectivity index is 1.61. The van der Waals surface area contributed by atoms with Gasteiger partial charge in [0, 0.05) is 5.02 Å². The molecule has 1 fully saturated rings. The quantitative estimate of drug-likeness (QED) is 0.455. The number of hydrogen-bond donors (Lipinski definition) is 0. The Kier molecular flexibility index (Phi) is 5.87. The summed E-state index contributed by atoms with van der Waals surface area (Å²) in [6.07, 6.45) is 11.9. The molecule has 0 heterocycles. The molecule has 0 aromatic heterocycles. The predicted octanol–water partition coefficient (Wildman–Crippen LogP) is 8.09. The van der Waals surface area contributed by atoms with Gasteiger partial charge in [0.25, 0.3) is 0 Å². The van der Waals surface area contributed by atoms with Crippen LogP contribution < -0.4 is 0 Å². The van der Waals surface area contributed by atoms with Crippen LogP contribution in [0.5, 0.6) is 0 Å². The molecule has 0 saturated heterocycles. The van der Waals surface area contributed by atoms with E-state index in [0.717, 1.165) is 36.3 Å². The molecule has 4 rings (SSSR count). The first-order valence-electron chi connectivity index (χ1n) is 10.5. The molecule has 2 aromatic rings. The molecule has 0 radical (unpaired) electrons. The van der Waals surface area contributed by atoms with Gasteiger partial charge in [-0.25, -0.2) is 8.78 Å². The van der Waals surface area contributed by atoms with Crippen LogP contribution in [0.1, 0.15) is 62.5 Å². The van der Waals surface area contributed by atoms with Crippen molar-refractivity contribution >= 4 is 11.6 Å². The highest BCUT2D eigenvalue weighted by atomic mass is 35.5. The molecule has 28 heavy (non-hydrogen) atoms. The molecule has 0 spiro atoms. The van der Waals surface area contributed by atoms with Gasteiger partial charge >= 0.3 is 0 Å². The molecule has 148 valence electrons. The molecule has 0 nitrogen and oxygen atoms in total. The van der Waals surface area contributed by atoms with E-state index in [0.29, 0.717) is 28.8 Å². The van der Waals surface area contributed by atoms with E-state index >= 15 is 4.39 Å². The van der Waals surface area contributed by atoms with Crippen LogP contribution in [0, 0.1) is 23.5 Å². The van der Waals surface area contributed by atoms with E-state index in [1.54, 1.807) is 30.3 Å². The van der Waals surface area contributed by atoms with Crippen molar-refractivity contribution in [2.24, 2.45) is 11.8 Å². The van der Waals surface area contributed by atoms with E-state index in [9.17, 15) is 4.39 Å². The van der Waals surface area contributed by atoms with Crippen molar-refractivity contribution in [3.8, 4) is 11.1 Å². The molecular formula is C25H27ClF2. The minimum absolute atomic E-state index is 0.0916. The van der Waals surface area contributed by atoms with Crippen molar-refractivity contribution in [2.45, 2.75) is 57.8 Å². The van der Waals surface area contributed by atoms with Gasteiger partial charge in [0.1, 0.15) is 11.6 Å². The van der Waals surface area contributed by atoms with Crippen molar-refractivity contribution in [3.63, 3.8) is 0 Å². The maximum Gasteiger partial charge on any atom is 0.137 e. The summed E-state index contributed by atoms with van der Waals surface area (Å²) in [4.78, 5) is 0. The third kappa shape index (κ3) is 3.76. The molecule has 2 aliphatic carbocycles. The van der Waals surface area contributed by atoms with E-state index in [2.05, 4.69) is 19.1 Å². The van der Waals surface area contributed by atoms with Gasteiger partial charge in [-0.05, 0) is 105 Å². The number of rotatable bonds is 4. The van der Waals surface area contributed by atoms with Gasteiger partial charge in [-0.15, -0.1) is 0 Å². The summed E-state index contributed by atoms with van der Waals surface area (Å²) in [6, 6.07) is 8.37. The third-order valence-corrected chi connectivity index (χ3v) is 6.97. The Bertz CT molecular complexity index is 869. The monoisotopic (exact) mass is 400 g/mol. The van der Waals surface area contributed by atoms with Crippen LogP contribution in [0.4, 0.5) is 8.78 Å². The Labute approximate surface area is 171 Å². The second-order valence-electron chi connectivity index (χ2n) is 8.35. The first-order chi connectivity index (χ1) is 13.6. The van der Waals surface area contributed by atoms with Gasteiger partial charge in [-0.2, -0.15) is 0 Å². The van der Waals surface area contributed by atoms with Crippen LogP contribution in [-0.4, -0.2) is 0 Å². The molecule has 0 bridgehead atoms. The molecule has 2 aromatic carbocycles. The summed E-state index contributed by atoms with van der Waals surface area (Å²) >= 11 is 5.93. The smallest absolute Gasteiger partial charge is 0.137 e. The minimum atomic E-state index is -0.450. The lowest BCUT2D eigenvalue weighted by Crippen LogP contribution is -2.29. The fraction of sp³-hybridized carbons (Fsp3) is 0.440. The summed E-state index contributed by atoms with van der Waals surface area (Å²) in [5, 5.41) is 0.566. The molecule has 2 aliphatic rings. The lowest BCUT2D eigenvalue weighted by atomic mass is 9.64. The summed E-state index contributed by atoms with van der Waals surface area (Å²) in [6.45, 7) is 2.07. The van der Waals surface area contributed by atoms with E-state index in [4.69, 9.17) is 11.6 Å². The average Bonchev–Trinajstić information content (AvgIpc) is 2.69. The van der Waals surface area contributed by atoms with Crippen LogP contribution in [-0.2, 0) is 6.42 Å². The molecule has 0 aliphatic heterocycles. The van der Waals surface area contributed by atoms with Gasteiger partial charge in [-0.3, -0.25) is 0 Å². The van der Waals surface area contributed by atoms with Crippen LogP contribution >= 0.6 is 11.6 Å². The molecule has 3 atom stereocenters. The summed E-state index contributed by atoms with van der Waals surface area (Å²) < 4.78 is 30.3. The van der Waals surface area contributed by atoms with E-state index in [1.165, 1.54) is 19.3 Å². The summed E-state index contributed by atoms with van der Waals surface area (Å²) in [5.74, 6) is 0.810. The van der Waals surface area contributed by atoms with Crippen LogP contribution in [0.15, 0.2) is 42.5 Å². The molecular weight excluding hydrogens is 374 g/mol. The van der Waals surface area contributed by atoms with Crippen molar-refractivity contribution in [3.05, 3.63) is 70.3 Å². The van der Waals surface area contributed by atoms with Crippen LogP contribution in [0.25, 0.3) is 11.1 Å². The maximum absolute atomic E-state index is 15.4. The fourth-order valence-electron chi connectivity index (χ4n) is 5.32. The van der Waals surface area contributed by atoms with Gasteiger partial charge in [0.15, 0.2) is 0 Å². The topological polar surface area (TPSA) is 0 Å². The van der Waals surface area contributed by atoms with E-state index < -0.39 is 5.82 Å². The SMILES string of the molecule is CC=CCCC1CCC2c3cc(F)c(-c4ccc(Cl)cc4)c(F)c3CCC2C1. The Morgan fingerprint density at radius 1 is 1.11 bits per heavy atom. The highest BCUT2D eigenvalue weighted by Crippen LogP contribution is 2.49. The highest BCUT2D eigenvalue weighted by Gasteiger charge is 2.37. The molecule has 0 N–H and O–H groups in total. The van der Waals surface area contributed by atoms with Gasteiger partial charge < -0.3 is 0 Å². The Morgan fingerprint density at radius 3 is 2.64 bits per heavy atom. The number of halogens is 3. The largest absolute Gasteiger partial charge is 0.206 e. The van der Waals surface area contributed by atoms with Crippen LogP contribution in [0.3, 0.4) is 0 Å². The minimum Gasteiger partial charge on any atom is -0.206 e. The van der Waals surface area contributed by atoms with Gasteiger partial charge in [0.2, 0.25) is 0 Å². The number of hydrogen-bond acceptors (Lipinski definition) is 0. The standard InChI is InChI=1S/C25H27ClF2/c1-2-3-4-5-16-6-12-20-18(14-16)9-13-21-22(20)15-23(27)24(25(21)28)17-7-10-19(26)11-8-17/h2-3,7-8,10-11,15-16,18,20H,4-6,9,12-14H2,1H3. The molecule has 3 heteroatoms. The number of benzene rings is 2. The Morgan fingerprint density at radius 2 is 1.89 bits per heavy atom. The maximum atomic E-state index is 15.4. The first-order valence-corrected chi connectivity index (χ1v) is 10.8. The molecule has 1 saturated carbocycles. The zero-order valence-corrected chi connectivity index (χ0v) is 17.1. The van der Waals surface area contributed by atoms with Gasteiger partial charge in [-0.1, -0.05) is 35.9 Å². The van der Waals surface area contributed by atoms with Crippen molar-refractivity contribution in [1.82, 2.24) is 0 Å². The zero-order chi connectivity index (χ0) is 19.7. The first kappa shape index (κ1) is 19.6. The number of allylic oxidation sites excluding steroid dienone is 2. The normalized spacial score (nSPS) is 24.2. The van der Waals surface area contributed by atoms with Gasteiger partial charge in [0.05, 0.1) is 5.56 Å². The second-order valence-corrected chi connectivity index (χ2v) is 8.79. The Hall–Kier alpha value is -1.67. The fourth-order valence-corrected chi connectivity index (χ4v) is 5.45.